The van der Waals surface area contributed by atoms with Gasteiger partial charge in [-0.1, -0.05) is 0 Å². The summed E-state index contributed by atoms with van der Waals surface area (Å²) in [5, 5.41) is 5.21. The molecule has 6 heteroatoms. The number of pyridine rings is 1. The van der Waals surface area contributed by atoms with E-state index >= 15 is 0 Å². The van der Waals surface area contributed by atoms with Crippen molar-refractivity contribution >= 4 is 32.9 Å². The Balaban J connectivity index is 1.88. The lowest BCUT2D eigenvalue weighted by Gasteiger charge is -2.14. The minimum Gasteiger partial charge on any atom is -0.271 e. The zero-order chi connectivity index (χ0) is 13.2. The number of hydrogen-bond donors (Lipinski definition) is 2. The maximum Gasteiger partial charge on any atom is 0.0897 e. The Morgan fingerprint density at radius 3 is 3.05 bits per heavy atom. The molecular formula is C13H14N4S2. The van der Waals surface area contributed by atoms with Crippen LogP contribution in [0.2, 0.25) is 0 Å². The van der Waals surface area contributed by atoms with E-state index in [0.29, 0.717) is 0 Å². The molecule has 3 aromatic rings. The molecule has 0 amide bonds. The van der Waals surface area contributed by atoms with Gasteiger partial charge < -0.3 is 0 Å². The molecule has 4 nitrogen and oxygen atoms in total. The van der Waals surface area contributed by atoms with Crippen LogP contribution >= 0.6 is 22.7 Å². The number of aryl methyl sites for hydroxylation is 1. The second-order valence-electron chi connectivity index (χ2n) is 4.35. The number of thiazole rings is 1. The summed E-state index contributed by atoms with van der Waals surface area (Å²) in [6.45, 7) is 2.01. The van der Waals surface area contributed by atoms with E-state index in [4.69, 9.17) is 5.84 Å². The van der Waals surface area contributed by atoms with E-state index in [0.717, 1.165) is 28.2 Å². The maximum absolute atomic E-state index is 5.68. The first kappa shape index (κ1) is 12.7. The first-order valence-electron chi connectivity index (χ1n) is 5.96. The number of nitrogens with zero attached hydrogens (tertiary/aromatic N) is 2. The molecule has 0 saturated carbocycles. The first-order valence-corrected chi connectivity index (χ1v) is 7.72. The third kappa shape index (κ3) is 2.66. The number of hydrazine groups is 1. The molecule has 98 valence electrons. The van der Waals surface area contributed by atoms with Gasteiger partial charge >= 0.3 is 0 Å². The van der Waals surface area contributed by atoms with Crippen LogP contribution in [0.5, 0.6) is 0 Å². The molecule has 3 N–H and O–H groups in total. The molecule has 0 aromatic carbocycles. The Bertz CT molecular complexity index is 689. The second kappa shape index (κ2) is 5.34. The summed E-state index contributed by atoms with van der Waals surface area (Å²) < 4.78 is 1.19. The molecule has 0 fully saturated rings. The number of fused-ring (bicyclic) bond motifs is 1. The van der Waals surface area contributed by atoms with E-state index in [2.05, 4.69) is 32.2 Å². The van der Waals surface area contributed by atoms with Gasteiger partial charge in [-0.05, 0) is 30.0 Å². The van der Waals surface area contributed by atoms with Gasteiger partial charge in [-0.25, -0.2) is 4.98 Å². The molecule has 0 saturated heterocycles. The minimum absolute atomic E-state index is 0.0421. The molecule has 19 heavy (non-hydrogen) atoms. The van der Waals surface area contributed by atoms with Gasteiger partial charge in [0, 0.05) is 18.0 Å². The molecule has 0 aliphatic rings. The molecule has 0 radical (unpaired) electrons. The number of nitrogens with two attached hydrogens (primary N) is 1. The van der Waals surface area contributed by atoms with Gasteiger partial charge in [-0.2, -0.15) is 0 Å². The normalized spacial score (nSPS) is 12.9. The van der Waals surface area contributed by atoms with Gasteiger partial charge in [0.25, 0.3) is 0 Å². The van der Waals surface area contributed by atoms with Gasteiger partial charge in [0.05, 0.1) is 27.0 Å². The average molecular weight is 290 g/mol. The molecule has 0 aliphatic carbocycles. The topological polar surface area (TPSA) is 63.8 Å². The second-order valence-corrected chi connectivity index (χ2v) is 6.36. The standard InChI is InChI=1S/C13H14N4S2/c1-8-16-10(7-19-8)5-12(17-14)9-4-13-11(15-6-9)2-3-18-13/h2-4,6-7,12,17H,5,14H2,1H3. The van der Waals surface area contributed by atoms with Gasteiger partial charge in [-0.15, -0.1) is 22.7 Å². The van der Waals surface area contributed by atoms with Crippen molar-refractivity contribution in [3.05, 3.63) is 45.4 Å². The van der Waals surface area contributed by atoms with Crippen LogP contribution < -0.4 is 11.3 Å². The zero-order valence-electron chi connectivity index (χ0n) is 10.5. The van der Waals surface area contributed by atoms with Crippen molar-refractivity contribution < 1.29 is 0 Å². The molecular weight excluding hydrogens is 276 g/mol. The molecule has 3 rings (SSSR count). The third-order valence-electron chi connectivity index (χ3n) is 3.01. The molecule has 1 unspecified atom stereocenters. The fourth-order valence-corrected chi connectivity index (χ4v) is 3.45. The lowest BCUT2D eigenvalue weighted by molar-refractivity contribution is 0.546. The van der Waals surface area contributed by atoms with Crippen LogP contribution in [-0.4, -0.2) is 9.97 Å². The average Bonchev–Trinajstić information content (AvgIpc) is 3.03. The summed E-state index contributed by atoms with van der Waals surface area (Å²) in [6.07, 6.45) is 2.66. The van der Waals surface area contributed by atoms with Gasteiger partial charge in [-0.3, -0.25) is 16.3 Å². The Labute approximate surface area is 119 Å². The van der Waals surface area contributed by atoms with Crippen molar-refractivity contribution in [2.75, 3.05) is 0 Å². The molecule has 3 aromatic heterocycles. The third-order valence-corrected chi connectivity index (χ3v) is 4.68. The Hall–Kier alpha value is -1.34. The summed E-state index contributed by atoms with van der Waals surface area (Å²) >= 11 is 3.36. The zero-order valence-corrected chi connectivity index (χ0v) is 12.1. The summed E-state index contributed by atoms with van der Waals surface area (Å²) in [7, 11) is 0. The predicted octanol–water partition coefficient (Wildman–Crippen LogP) is 2.81. The van der Waals surface area contributed by atoms with E-state index in [1.807, 2.05) is 19.2 Å². The number of thiophene rings is 1. The van der Waals surface area contributed by atoms with Gasteiger partial charge in [0.15, 0.2) is 0 Å². The summed E-state index contributed by atoms with van der Waals surface area (Å²) in [6, 6.07) is 4.22. The lowest BCUT2D eigenvalue weighted by atomic mass is 10.1. The van der Waals surface area contributed by atoms with Gasteiger partial charge in [0.2, 0.25) is 0 Å². The highest BCUT2D eigenvalue weighted by atomic mass is 32.1. The van der Waals surface area contributed by atoms with Crippen molar-refractivity contribution in [3.63, 3.8) is 0 Å². The highest BCUT2D eigenvalue weighted by molar-refractivity contribution is 7.17. The molecule has 1 atom stereocenters. The van der Waals surface area contributed by atoms with Crippen LogP contribution in [0.3, 0.4) is 0 Å². The lowest BCUT2D eigenvalue weighted by Crippen LogP contribution is -2.29. The maximum atomic E-state index is 5.68. The first-order chi connectivity index (χ1) is 9.26. The Kier molecular flexibility index (Phi) is 3.56. The van der Waals surface area contributed by atoms with Crippen LogP contribution in [0, 0.1) is 6.92 Å². The van der Waals surface area contributed by atoms with Crippen molar-refractivity contribution in [2.45, 2.75) is 19.4 Å². The highest BCUT2D eigenvalue weighted by Crippen LogP contribution is 2.24. The fraction of sp³-hybridized carbons (Fsp3) is 0.231. The van der Waals surface area contributed by atoms with E-state index in [-0.39, 0.29) is 6.04 Å². The quantitative estimate of drug-likeness (QED) is 0.573. The smallest absolute Gasteiger partial charge is 0.0897 e. The number of hydrogen-bond acceptors (Lipinski definition) is 6. The van der Waals surface area contributed by atoms with E-state index in [1.165, 1.54) is 4.70 Å². The summed E-state index contributed by atoms with van der Waals surface area (Å²) in [4.78, 5) is 8.94. The Morgan fingerprint density at radius 2 is 2.32 bits per heavy atom. The van der Waals surface area contributed by atoms with E-state index in [1.54, 1.807) is 22.7 Å². The molecule has 0 spiro atoms. The molecule has 3 heterocycles. The number of rotatable bonds is 4. The molecule has 0 bridgehead atoms. The monoisotopic (exact) mass is 290 g/mol. The summed E-state index contributed by atoms with van der Waals surface area (Å²) in [5.41, 5.74) is 6.06. The van der Waals surface area contributed by atoms with Crippen LogP contribution in [0.25, 0.3) is 10.2 Å². The van der Waals surface area contributed by atoms with Crippen LogP contribution in [0.15, 0.2) is 29.1 Å². The van der Waals surface area contributed by atoms with Crippen molar-refractivity contribution in [1.29, 1.82) is 0 Å². The molecule has 0 aliphatic heterocycles. The largest absolute Gasteiger partial charge is 0.271 e. The number of nitrogens with one attached hydrogen (secondary N) is 1. The fourth-order valence-electron chi connectivity index (χ4n) is 2.04. The van der Waals surface area contributed by atoms with Crippen LogP contribution in [0.1, 0.15) is 22.3 Å². The highest BCUT2D eigenvalue weighted by Gasteiger charge is 2.13. The predicted molar refractivity (Wildman–Crippen MR) is 80.2 cm³/mol. The van der Waals surface area contributed by atoms with Crippen molar-refractivity contribution in [3.8, 4) is 0 Å². The van der Waals surface area contributed by atoms with Crippen molar-refractivity contribution in [2.24, 2.45) is 5.84 Å². The van der Waals surface area contributed by atoms with Gasteiger partial charge in [0.1, 0.15) is 0 Å². The minimum atomic E-state index is 0.0421. The summed E-state index contributed by atoms with van der Waals surface area (Å²) in [5.74, 6) is 5.68. The van der Waals surface area contributed by atoms with Crippen molar-refractivity contribution in [1.82, 2.24) is 15.4 Å². The van der Waals surface area contributed by atoms with Crippen LogP contribution in [-0.2, 0) is 6.42 Å². The van der Waals surface area contributed by atoms with Crippen LogP contribution in [0.4, 0.5) is 0 Å². The Morgan fingerprint density at radius 1 is 1.42 bits per heavy atom. The number of aromatic nitrogens is 2. The van der Waals surface area contributed by atoms with E-state index < -0.39 is 0 Å². The van der Waals surface area contributed by atoms with E-state index in [9.17, 15) is 0 Å². The SMILES string of the molecule is Cc1nc(CC(NN)c2cnc3ccsc3c2)cs1.